The number of hydrogen-bond donors (Lipinski definition) is 2. The van der Waals surface area contributed by atoms with Crippen LogP contribution in [0.2, 0.25) is 0 Å². The van der Waals surface area contributed by atoms with Crippen molar-refractivity contribution in [2.24, 2.45) is 0 Å². The third-order valence-electron chi connectivity index (χ3n) is 4.41. The van der Waals surface area contributed by atoms with Gasteiger partial charge >= 0.3 is 0 Å². The number of benzene rings is 2. The van der Waals surface area contributed by atoms with E-state index in [9.17, 15) is 8.42 Å². The minimum atomic E-state index is -3.82. The number of pyridine rings is 1. The molecule has 2 N–H and O–H groups in total. The Morgan fingerprint density at radius 3 is 2.29 bits per heavy atom. The maximum atomic E-state index is 12.7. The molecule has 2 aromatic carbocycles. The lowest BCUT2D eigenvalue weighted by Gasteiger charge is -2.12. The lowest BCUT2D eigenvalue weighted by molar-refractivity contribution is 0.402. The highest BCUT2D eigenvalue weighted by Gasteiger charge is 2.20. The lowest BCUT2D eigenvalue weighted by Crippen LogP contribution is -2.15. The van der Waals surface area contributed by atoms with Crippen LogP contribution in [0.15, 0.2) is 59.6 Å². The van der Waals surface area contributed by atoms with Crippen molar-refractivity contribution in [1.82, 2.24) is 4.98 Å². The van der Waals surface area contributed by atoms with E-state index in [4.69, 9.17) is 4.74 Å². The second kappa shape index (κ2) is 7.90. The second-order valence-corrected chi connectivity index (χ2v) is 8.27. The molecule has 3 aromatic rings. The molecule has 0 atom stereocenters. The van der Waals surface area contributed by atoms with Gasteiger partial charge in [-0.2, -0.15) is 0 Å². The molecule has 0 unspecified atom stereocenters. The zero-order valence-corrected chi connectivity index (χ0v) is 17.1. The first-order valence-electron chi connectivity index (χ1n) is 8.76. The zero-order valence-electron chi connectivity index (χ0n) is 16.3. The van der Waals surface area contributed by atoms with Gasteiger partial charge < -0.3 is 10.1 Å². The molecule has 146 valence electrons. The summed E-state index contributed by atoms with van der Waals surface area (Å²) in [4.78, 5) is 4.29. The average molecular weight is 398 g/mol. The van der Waals surface area contributed by atoms with Crippen LogP contribution >= 0.6 is 0 Å². The van der Waals surface area contributed by atoms with Gasteiger partial charge in [-0.15, -0.1) is 0 Å². The standard InChI is InChI=1S/C21H23N3O3S/c1-14-5-9-19(27-4)20(11-14)28(25,26)24-21-10-8-18(13-22-21)23-17-7-6-15(2)16(3)12-17/h5-13,23H,1-4H3,(H,22,24). The number of aryl methyl sites for hydroxylation is 3. The zero-order chi connectivity index (χ0) is 20.3. The van der Waals surface area contributed by atoms with E-state index in [-0.39, 0.29) is 16.5 Å². The van der Waals surface area contributed by atoms with Gasteiger partial charge in [0.15, 0.2) is 0 Å². The summed E-state index contributed by atoms with van der Waals surface area (Å²) in [5.41, 5.74) is 4.94. The quantitative estimate of drug-likeness (QED) is 0.637. The topological polar surface area (TPSA) is 80.3 Å². The van der Waals surface area contributed by atoms with Crippen molar-refractivity contribution in [3.63, 3.8) is 0 Å². The van der Waals surface area contributed by atoms with E-state index in [2.05, 4.69) is 34.9 Å². The predicted octanol–water partition coefficient (Wildman–Crippen LogP) is 4.56. The fraction of sp³-hybridized carbons (Fsp3) is 0.190. The third kappa shape index (κ3) is 4.43. The Hall–Kier alpha value is -3.06. The van der Waals surface area contributed by atoms with E-state index in [1.54, 1.807) is 36.5 Å². The summed E-state index contributed by atoms with van der Waals surface area (Å²) in [5, 5.41) is 3.26. The SMILES string of the molecule is COc1ccc(C)cc1S(=O)(=O)Nc1ccc(Nc2ccc(C)c(C)c2)cn1. The van der Waals surface area contributed by atoms with Crippen LogP contribution in [0.3, 0.4) is 0 Å². The molecule has 0 saturated heterocycles. The Balaban J connectivity index is 1.78. The minimum absolute atomic E-state index is 0.0779. The van der Waals surface area contributed by atoms with Crippen molar-refractivity contribution in [2.75, 3.05) is 17.1 Å². The minimum Gasteiger partial charge on any atom is -0.495 e. The normalized spacial score (nSPS) is 11.1. The lowest BCUT2D eigenvalue weighted by atomic mass is 10.1. The molecule has 0 amide bonds. The summed E-state index contributed by atoms with van der Waals surface area (Å²) >= 11 is 0. The summed E-state index contributed by atoms with van der Waals surface area (Å²) < 4.78 is 33.1. The van der Waals surface area contributed by atoms with Gasteiger partial charge in [0.25, 0.3) is 10.0 Å². The summed E-state index contributed by atoms with van der Waals surface area (Å²) in [6.07, 6.45) is 1.58. The fourth-order valence-electron chi connectivity index (χ4n) is 2.70. The molecule has 0 saturated carbocycles. The number of nitrogens with zero attached hydrogens (tertiary/aromatic N) is 1. The van der Waals surface area contributed by atoms with Crippen molar-refractivity contribution >= 4 is 27.2 Å². The molecule has 1 heterocycles. The van der Waals surface area contributed by atoms with Gasteiger partial charge in [0.2, 0.25) is 0 Å². The van der Waals surface area contributed by atoms with Crippen molar-refractivity contribution in [1.29, 1.82) is 0 Å². The Bertz CT molecular complexity index is 1090. The molecule has 7 heteroatoms. The number of hydrogen-bond acceptors (Lipinski definition) is 5. The van der Waals surface area contributed by atoms with E-state index in [0.29, 0.717) is 0 Å². The van der Waals surface area contributed by atoms with E-state index in [0.717, 1.165) is 16.9 Å². The highest BCUT2D eigenvalue weighted by atomic mass is 32.2. The van der Waals surface area contributed by atoms with Gasteiger partial charge in [-0.3, -0.25) is 4.72 Å². The van der Waals surface area contributed by atoms with Gasteiger partial charge in [0, 0.05) is 5.69 Å². The van der Waals surface area contributed by atoms with Crippen LogP contribution in [0.1, 0.15) is 16.7 Å². The molecule has 0 aliphatic rings. The van der Waals surface area contributed by atoms with Crippen LogP contribution < -0.4 is 14.8 Å². The average Bonchev–Trinajstić information content (AvgIpc) is 2.66. The van der Waals surface area contributed by atoms with Crippen LogP contribution in [0.4, 0.5) is 17.2 Å². The van der Waals surface area contributed by atoms with E-state index < -0.39 is 10.0 Å². The summed E-state index contributed by atoms with van der Waals surface area (Å²) in [6.45, 7) is 5.94. The molecular weight excluding hydrogens is 374 g/mol. The molecule has 0 radical (unpaired) electrons. The molecule has 0 aliphatic heterocycles. The second-order valence-electron chi connectivity index (χ2n) is 6.62. The third-order valence-corrected chi connectivity index (χ3v) is 5.78. The van der Waals surface area contributed by atoms with Gasteiger partial charge in [-0.05, 0) is 73.9 Å². The number of methoxy groups -OCH3 is 1. The fourth-order valence-corrected chi connectivity index (χ4v) is 3.96. The molecule has 1 aromatic heterocycles. The van der Waals surface area contributed by atoms with Crippen LogP contribution in [-0.2, 0) is 10.0 Å². The van der Waals surface area contributed by atoms with Gasteiger partial charge in [-0.25, -0.2) is 13.4 Å². The van der Waals surface area contributed by atoms with E-state index >= 15 is 0 Å². The summed E-state index contributed by atoms with van der Waals surface area (Å²) in [6, 6.07) is 14.5. The molecule has 0 aliphatic carbocycles. The Labute approximate surface area is 165 Å². The number of aromatic nitrogens is 1. The van der Waals surface area contributed by atoms with Crippen molar-refractivity contribution in [3.8, 4) is 5.75 Å². The highest BCUT2D eigenvalue weighted by molar-refractivity contribution is 7.92. The molecule has 6 nitrogen and oxygen atoms in total. The number of ether oxygens (including phenoxy) is 1. The number of sulfonamides is 1. The van der Waals surface area contributed by atoms with Crippen LogP contribution in [0.25, 0.3) is 0 Å². The van der Waals surface area contributed by atoms with E-state index in [1.165, 1.54) is 18.2 Å². The van der Waals surface area contributed by atoms with Crippen LogP contribution in [-0.4, -0.2) is 20.5 Å². The van der Waals surface area contributed by atoms with Gasteiger partial charge in [-0.1, -0.05) is 12.1 Å². The largest absolute Gasteiger partial charge is 0.495 e. The monoisotopic (exact) mass is 397 g/mol. The maximum absolute atomic E-state index is 12.7. The molecule has 0 bridgehead atoms. The Morgan fingerprint density at radius 2 is 1.64 bits per heavy atom. The van der Waals surface area contributed by atoms with Crippen LogP contribution in [0, 0.1) is 20.8 Å². The molecular formula is C21H23N3O3S. The van der Waals surface area contributed by atoms with Gasteiger partial charge in [0.1, 0.15) is 16.5 Å². The first-order valence-corrected chi connectivity index (χ1v) is 10.2. The Morgan fingerprint density at radius 1 is 0.893 bits per heavy atom. The molecule has 28 heavy (non-hydrogen) atoms. The van der Waals surface area contributed by atoms with Gasteiger partial charge in [0.05, 0.1) is 19.0 Å². The highest BCUT2D eigenvalue weighted by Crippen LogP contribution is 2.27. The molecule has 0 fully saturated rings. The summed E-state index contributed by atoms with van der Waals surface area (Å²) in [7, 11) is -2.38. The van der Waals surface area contributed by atoms with Crippen molar-refractivity contribution in [2.45, 2.75) is 25.7 Å². The number of anilines is 3. The predicted molar refractivity (Wildman–Crippen MR) is 112 cm³/mol. The number of rotatable bonds is 6. The number of nitrogens with one attached hydrogen (secondary N) is 2. The first-order chi connectivity index (χ1) is 13.3. The smallest absolute Gasteiger partial charge is 0.266 e. The van der Waals surface area contributed by atoms with E-state index in [1.807, 2.05) is 19.1 Å². The van der Waals surface area contributed by atoms with Crippen molar-refractivity contribution < 1.29 is 13.2 Å². The van der Waals surface area contributed by atoms with Crippen LogP contribution in [0.5, 0.6) is 5.75 Å². The summed E-state index contributed by atoms with van der Waals surface area (Å²) in [5.74, 6) is 0.514. The maximum Gasteiger partial charge on any atom is 0.266 e. The molecule has 0 spiro atoms. The van der Waals surface area contributed by atoms with Crippen molar-refractivity contribution in [3.05, 3.63) is 71.4 Å². The first kappa shape index (κ1) is 19.7. The molecule has 3 rings (SSSR count). The Kier molecular flexibility index (Phi) is 5.56.